The third kappa shape index (κ3) is 6.09. The van der Waals surface area contributed by atoms with Crippen molar-refractivity contribution in [3.05, 3.63) is 65.4 Å². The van der Waals surface area contributed by atoms with Gasteiger partial charge in [0.15, 0.2) is 0 Å². The average Bonchev–Trinajstić information content (AvgIpc) is 3.17. The number of nitrogens with zero attached hydrogens (tertiary/aromatic N) is 2. The van der Waals surface area contributed by atoms with Crippen LogP contribution in [-0.2, 0) is 6.54 Å². The van der Waals surface area contributed by atoms with Crippen molar-refractivity contribution in [2.45, 2.75) is 36.9 Å². The number of nitrogens with one attached hydrogen (secondary N) is 3. The standard InChI is InChI=1S/C19H18ClN5S.C3H8O/c1-21-19-25-18-14(20)7-12(8-16(18)26-19)9-23-17-11-22-10-15(24-17)13-5-3-2-4-6-13;1-3(2)4/h2-8,10-11,19,21,25H,9H2,1H3,(H,23,24);3-4H,1-2H3. The first-order chi connectivity index (χ1) is 14.5. The predicted octanol–water partition coefficient (Wildman–Crippen LogP) is 4.82. The molecular weight excluding hydrogens is 418 g/mol. The molecule has 0 amide bonds. The Morgan fingerprint density at radius 2 is 1.93 bits per heavy atom. The summed E-state index contributed by atoms with van der Waals surface area (Å²) < 4.78 is 0. The molecule has 2 aromatic carbocycles. The summed E-state index contributed by atoms with van der Waals surface area (Å²) >= 11 is 8.15. The molecular formula is C22H26ClN5OS. The summed E-state index contributed by atoms with van der Waals surface area (Å²) in [6.07, 6.45) is 3.34. The fourth-order valence-corrected chi connectivity index (χ4v) is 4.19. The molecule has 0 fully saturated rings. The molecule has 4 rings (SSSR count). The van der Waals surface area contributed by atoms with E-state index in [0.29, 0.717) is 6.54 Å². The van der Waals surface area contributed by atoms with Gasteiger partial charge in [0.2, 0.25) is 0 Å². The van der Waals surface area contributed by atoms with Gasteiger partial charge in [-0.1, -0.05) is 53.7 Å². The molecule has 30 heavy (non-hydrogen) atoms. The van der Waals surface area contributed by atoms with Crippen LogP contribution in [0.1, 0.15) is 19.4 Å². The summed E-state index contributed by atoms with van der Waals surface area (Å²) in [6, 6.07) is 14.2. The number of benzene rings is 2. The van der Waals surface area contributed by atoms with Crippen molar-refractivity contribution in [2.75, 3.05) is 17.7 Å². The lowest BCUT2D eigenvalue weighted by Gasteiger charge is -2.10. The number of hydrogen-bond donors (Lipinski definition) is 4. The van der Waals surface area contributed by atoms with Crippen LogP contribution in [0, 0.1) is 0 Å². The van der Waals surface area contributed by atoms with Gasteiger partial charge in [-0.05, 0) is 38.6 Å². The second-order valence-electron chi connectivity index (χ2n) is 6.98. The number of halogens is 1. The van der Waals surface area contributed by atoms with Crippen molar-refractivity contribution in [3.63, 3.8) is 0 Å². The van der Waals surface area contributed by atoms with E-state index < -0.39 is 0 Å². The predicted molar refractivity (Wildman–Crippen MR) is 126 cm³/mol. The summed E-state index contributed by atoms with van der Waals surface area (Å²) in [6.45, 7) is 4.07. The average molecular weight is 444 g/mol. The Labute approximate surface area is 186 Å². The van der Waals surface area contributed by atoms with E-state index in [1.165, 1.54) is 0 Å². The van der Waals surface area contributed by atoms with E-state index in [1.54, 1.807) is 38.0 Å². The highest BCUT2D eigenvalue weighted by Crippen LogP contribution is 2.42. The lowest BCUT2D eigenvalue weighted by atomic mass is 10.2. The zero-order chi connectivity index (χ0) is 21.5. The Kier molecular flexibility index (Phi) is 7.93. The molecule has 0 saturated carbocycles. The van der Waals surface area contributed by atoms with E-state index in [2.05, 4.69) is 32.0 Å². The largest absolute Gasteiger partial charge is 0.394 e. The van der Waals surface area contributed by atoms with Crippen LogP contribution in [0.3, 0.4) is 0 Å². The molecule has 1 aliphatic rings. The lowest BCUT2D eigenvalue weighted by molar-refractivity contribution is 0.216. The zero-order valence-corrected chi connectivity index (χ0v) is 18.8. The molecule has 0 radical (unpaired) electrons. The maximum Gasteiger partial charge on any atom is 0.145 e. The summed E-state index contributed by atoms with van der Waals surface area (Å²) in [7, 11) is 1.92. The van der Waals surface area contributed by atoms with Crippen molar-refractivity contribution < 1.29 is 5.11 Å². The van der Waals surface area contributed by atoms with Crippen LogP contribution in [0.25, 0.3) is 11.3 Å². The minimum absolute atomic E-state index is 0.152. The van der Waals surface area contributed by atoms with Crippen molar-refractivity contribution in [1.82, 2.24) is 15.3 Å². The van der Waals surface area contributed by atoms with Gasteiger partial charge in [0.25, 0.3) is 0 Å². The highest BCUT2D eigenvalue weighted by molar-refractivity contribution is 8.00. The maximum absolute atomic E-state index is 8.06. The van der Waals surface area contributed by atoms with Crippen molar-refractivity contribution in [3.8, 4) is 11.3 Å². The van der Waals surface area contributed by atoms with Gasteiger partial charge in [-0.25, -0.2) is 4.98 Å². The number of thioether (sulfide) groups is 1. The summed E-state index contributed by atoms with van der Waals surface area (Å²) in [4.78, 5) is 10.1. The number of anilines is 2. The van der Waals surface area contributed by atoms with Crippen LogP contribution in [0.2, 0.25) is 5.02 Å². The second kappa shape index (κ2) is 10.6. The van der Waals surface area contributed by atoms with Crippen molar-refractivity contribution in [1.29, 1.82) is 0 Å². The number of aliphatic hydroxyl groups is 1. The number of fused-ring (bicyclic) bond motifs is 1. The highest BCUT2D eigenvalue weighted by Gasteiger charge is 2.22. The van der Waals surface area contributed by atoms with Crippen LogP contribution < -0.4 is 16.0 Å². The highest BCUT2D eigenvalue weighted by atomic mass is 35.5. The van der Waals surface area contributed by atoms with Gasteiger partial charge in [-0.3, -0.25) is 10.3 Å². The fourth-order valence-electron chi connectivity index (χ4n) is 2.78. The van der Waals surface area contributed by atoms with E-state index in [9.17, 15) is 0 Å². The normalized spacial score (nSPS) is 14.5. The van der Waals surface area contributed by atoms with E-state index in [1.807, 2.05) is 43.4 Å². The molecule has 1 aromatic heterocycles. The second-order valence-corrected chi connectivity index (χ2v) is 8.54. The Bertz CT molecular complexity index is 968. The monoisotopic (exact) mass is 443 g/mol. The third-order valence-corrected chi connectivity index (χ3v) is 5.54. The SMILES string of the molecule is CC(C)O.CNC1Nc2c(Cl)cc(CNc3cncc(-c4ccccc4)n3)cc2S1. The van der Waals surface area contributed by atoms with Crippen LogP contribution in [0.4, 0.5) is 11.5 Å². The first-order valence-corrected chi connectivity index (χ1v) is 10.9. The van der Waals surface area contributed by atoms with Gasteiger partial charge < -0.3 is 15.7 Å². The van der Waals surface area contributed by atoms with Gasteiger partial charge in [0.05, 0.1) is 28.8 Å². The molecule has 3 aromatic rings. The number of aliphatic hydroxyl groups excluding tert-OH is 1. The summed E-state index contributed by atoms with van der Waals surface area (Å²) in [5.41, 5.74) is 4.14. The quantitative estimate of drug-likeness (QED) is 0.450. The van der Waals surface area contributed by atoms with Gasteiger partial charge in [0.1, 0.15) is 11.3 Å². The number of aromatic nitrogens is 2. The number of rotatable bonds is 5. The minimum atomic E-state index is -0.167. The van der Waals surface area contributed by atoms with Crippen LogP contribution in [-0.4, -0.2) is 33.7 Å². The molecule has 6 nitrogen and oxygen atoms in total. The van der Waals surface area contributed by atoms with Crippen molar-refractivity contribution >= 4 is 34.9 Å². The van der Waals surface area contributed by atoms with Crippen LogP contribution in [0.5, 0.6) is 0 Å². The molecule has 0 aliphatic carbocycles. The molecule has 8 heteroatoms. The topological polar surface area (TPSA) is 82.1 Å². The van der Waals surface area contributed by atoms with Crippen LogP contribution in [0.15, 0.2) is 59.8 Å². The van der Waals surface area contributed by atoms with Gasteiger partial charge >= 0.3 is 0 Å². The Morgan fingerprint density at radius 3 is 2.63 bits per heavy atom. The molecule has 0 spiro atoms. The molecule has 4 N–H and O–H groups in total. The van der Waals surface area contributed by atoms with Crippen molar-refractivity contribution in [2.24, 2.45) is 0 Å². The Balaban J connectivity index is 0.000000589. The molecule has 1 atom stereocenters. The summed E-state index contributed by atoms with van der Waals surface area (Å²) in [5, 5.41) is 18.7. The Morgan fingerprint density at radius 1 is 1.20 bits per heavy atom. The zero-order valence-electron chi connectivity index (χ0n) is 17.2. The third-order valence-electron chi connectivity index (χ3n) is 4.07. The first kappa shape index (κ1) is 22.4. The molecule has 1 aliphatic heterocycles. The summed E-state index contributed by atoms with van der Waals surface area (Å²) in [5.74, 6) is 0.738. The Hall–Kier alpha value is -2.32. The fraction of sp³-hybridized carbons (Fsp3) is 0.273. The minimum Gasteiger partial charge on any atom is -0.394 e. The first-order valence-electron chi connectivity index (χ1n) is 9.68. The molecule has 0 bridgehead atoms. The molecule has 158 valence electrons. The maximum atomic E-state index is 8.06. The smallest absolute Gasteiger partial charge is 0.145 e. The van der Waals surface area contributed by atoms with Crippen LogP contribution >= 0.6 is 23.4 Å². The van der Waals surface area contributed by atoms with Gasteiger partial charge in [0, 0.05) is 23.1 Å². The van der Waals surface area contributed by atoms with E-state index in [4.69, 9.17) is 16.7 Å². The molecule has 0 saturated heterocycles. The van der Waals surface area contributed by atoms with E-state index in [-0.39, 0.29) is 11.6 Å². The number of hydrogen-bond acceptors (Lipinski definition) is 7. The van der Waals surface area contributed by atoms with E-state index in [0.717, 1.165) is 38.2 Å². The van der Waals surface area contributed by atoms with E-state index >= 15 is 0 Å². The van der Waals surface area contributed by atoms with Gasteiger partial charge in [-0.2, -0.15) is 0 Å². The van der Waals surface area contributed by atoms with Gasteiger partial charge in [-0.15, -0.1) is 0 Å². The molecule has 2 heterocycles. The lowest BCUT2D eigenvalue weighted by Crippen LogP contribution is -2.26. The molecule has 1 unspecified atom stereocenters.